The largest absolute Gasteiger partial charge is 0.497 e. The summed E-state index contributed by atoms with van der Waals surface area (Å²) in [6, 6.07) is 5.30. The summed E-state index contributed by atoms with van der Waals surface area (Å²) in [5, 5.41) is 3.93. The maximum absolute atomic E-state index is 12.0. The van der Waals surface area contributed by atoms with Crippen molar-refractivity contribution in [2.45, 2.75) is 25.9 Å². The van der Waals surface area contributed by atoms with Crippen LogP contribution in [0.5, 0.6) is 11.5 Å². The zero-order valence-electron chi connectivity index (χ0n) is 14.2. The van der Waals surface area contributed by atoms with Gasteiger partial charge in [-0.05, 0) is 31.4 Å². The topological polar surface area (TPSA) is 83.7 Å². The molecule has 1 aliphatic carbocycles. The Hall–Kier alpha value is -2.83. The number of aromatic nitrogens is 2. The number of methoxy groups -OCH3 is 2. The Kier molecular flexibility index (Phi) is 5.33. The van der Waals surface area contributed by atoms with Crippen LogP contribution in [0.25, 0.3) is 11.4 Å². The van der Waals surface area contributed by atoms with Crippen molar-refractivity contribution in [1.29, 1.82) is 0 Å². The fourth-order valence-corrected chi connectivity index (χ4v) is 2.66. The molecule has 0 unspecified atom stereocenters. The highest BCUT2D eigenvalue weighted by atomic mass is 16.6. The number of ether oxygens (including phenoxy) is 3. The van der Waals surface area contributed by atoms with Crippen LogP contribution in [0.2, 0.25) is 0 Å². The van der Waals surface area contributed by atoms with Crippen LogP contribution in [0.3, 0.4) is 0 Å². The van der Waals surface area contributed by atoms with Crippen molar-refractivity contribution in [2.75, 3.05) is 14.2 Å². The predicted octanol–water partition coefficient (Wildman–Crippen LogP) is 3.15. The Morgan fingerprint density at radius 3 is 2.88 bits per heavy atom. The summed E-state index contributed by atoms with van der Waals surface area (Å²) in [5.74, 6) is 1.52. The smallest absolute Gasteiger partial charge is 0.309 e. The number of allylic oxidation sites excluding steroid dienone is 2. The predicted molar refractivity (Wildman–Crippen MR) is 89.1 cm³/mol. The molecule has 1 aromatic carbocycles. The highest BCUT2D eigenvalue weighted by Gasteiger charge is 2.21. The lowest BCUT2D eigenvalue weighted by molar-refractivity contribution is -0.150. The molecule has 25 heavy (non-hydrogen) atoms. The van der Waals surface area contributed by atoms with Gasteiger partial charge in [0.05, 0.1) is 25.7 Å². The van der Waals surface area contributed by atoms with Gasteiger partial charge < -0.3 is 18.7 Å². The fraction of sp³-hybridized carbons (Fsp3) is 0.389. The highest BCUT2D eigenvalue weighted by Crippen LogP contribution is 2.31. The number of benzene rings is 1. The van der Waals surface area contributed by atoms with E-state index in [1.54, 1.807) is 32.4 Å². The van der Waals surface area contributed by atoms with Crippen molar-refractivity contribution in [3.63, 3.8) is 0 Å². The lowest BCUT2D eigenvalue weighted by Crippen LogP contribution is -2.18. The molecule has 3 rings (SSSR count). The van der Waals surface area contributed by atoms with E-state index in [2.05, 4.69) is 16.2 Å². The molecular formula is C18H20N2O5. The number of carbonyl (C=O) groups excluding carboxylic acids is 1. The second-order valence-electron chi connectivity index (χ2n) is 5.67. The van der Waals surface area contributed by atoms with E-state index in [0.717, 1.165) is 19.3 Å². The maximum Gasteiger partial charge on any atom is 0.309 e. The molecule has 1 heterocycles. The third-order valence-corrected chi connectivity index (χ3v) is 4.06. The van der Waals surface area contributed by atoms with Gasteiger partial charge >= 0.3 is 5.97 Å². The number of esters is 1. The molecular weight excluding hydrogens is 324 g/mol. The van der Waals surface area contributed by atoms with Crippen LogP contribution in [0.15, 0.2) is 34.9 Å². The van der Waals surface area contributed by atoms with Gasteiger partial charge in [0.2, 0.25) is 5.82 Å². The third kappa shape index (κ3) is 3.99. The van der Waals surface area contributed by atoms with Gasteiger partial charge in [0.25, 0.3) is 5.89 Å². The number of hydrogen-bond acceptors (Lipinski definition) is 7. The molecule has 1 aliphatic rings. The van der Waals surface area contributed by atoms with Crippen LogP contribution in [-0.4, -0.2) is 30.3 Å². The SMILES string of the molecule is COc1ccc(-c2noc(COC(=O)[C@@H]3CC=CCC3)n2)c(OC)c1. The fourth-order valence-electron chi connectivity index (χ4n) is 2.66. The minimum atomic E-state index is -0.230. The van der Waals surface area contributed by atoms with Crippen LogP contribution < -0.4 is 9.47 Å². The number of hydrogen-bond donors (Lipinski definition) is 0. The standard InChI is InChI=1S/C18H20N2O5/c1-22-13-8-9-14(15(10-13)23-2)17-19-16(25-20-17)11-24-18(21)12-6-4-3-5-7-12/h3-4,8-10,12H,5-7,11H2,1-2H3/t12-/m1/s1. The monoisotopic (exact) mass is 344 g/mol. The van der Waals surface area contributed by atoms with Crippen molar-refractivity contribution in [3.8, 4) is 22.9 Å². The van der Waals surface area contributed by atoms with E-state index in [1.807, 2.05) is 6.08 Å². The zero-order chi connectivity index (χ0) is 17.6. The normalized spacial score (nSPS) is 16.5. The lowest BCUT2D eigenvalue weighted by Gasteiger charge is -2.15. The quantitative estimate of drug-likeness (QED) is 0.588. The van der Waals surface area contributed by atoms with E-state index < -0.39 is 0 Å². The average Bonchev–Trinajstić information content (AvgIpc) is 3.15. The highest BCUT2D eigenvalue weighted by molar-refractivity contribution is 5.72. The van der Waals surface area contributed by atoms with Crippen LogP contribution >= 0.6 is 0 Å². The minimum Gasteiger partial charge on any atom is -0.497 e. The van der Waals surface area contributed by atoms with Crippen LogP contribution in [-0.2, 0) is 16.1 Å². The molecule has 0 radical (unpaired) electrons. The number of carbonyl (C=O) groups is 1. The van der Waals surface area contributed by atoms with E-state index in [1.165, 1.54) is 0 Å². The van der Waals surface area contributed by atoms with Gasteiger partial charge in [-0.25, -0.2) is 0 Å². The van der Waals surface area contributed by atoms with Crippen molar-refractivity contribution >= 4 is 5.97 Å². The first-order valence-corrected chi connectivity index (χ1v) is 8.08. The van der Waals surface area contributed by atoms with E-state index >= 15 is 0 Å². The van der Waals surface area contributed by atoms with Crippen molar-refractivity contribution in [3.05, 3.63) is 36.2 Å². The molecule has 0 saturated carbocycles. The first-order valence-electron chi connectivity index (χ1n) is 8.08. The molecule has 0 spiro atoms. The molecule has 0 bridgehead atoms. The second-order valence-corrected chi connectivity index (χ2v) is 5.67. The summed E-state index contributed by atoms with van der Waals surface area (Å²) in [5.41, 5.74) is 0.669. The number of rotatable bonds is 6. The van der Waals surface area contributed by atoms with Gasteiger partial charge in [-0.3, -0.25) is 4.79 Å². The molecule has 7 heteroatoms. The van der Waals surface area contributed by atoms with Gasteiger partial charge in [-0.2, -0.15) is 4.98 Å². The Labute approximate surface area is 145 Å². The maximum atomic E-state index is 12.0. The van der Waals surface area contributed by atoms with Crippen molar-refractivity contribution in [2.24, 2.45) is 5.92 Å². The molecule has 0 N–H and O–H groups in total. The summed E-state index contributed by atoms with van der Waals surface area (Å²) < 4.78 is 21.0. The first-order chi connectivity index (χ1) is 12.2. The number of nitrogens with zero attached hydrogens (tertiary/aromatic N) is 2. The van der Waals surface area contributed by atoms with Crippen molar-refractivity contribution < 1.29 is 23.5 Å². The molecule has 0 saturated heterocycles. The Morgan fingerprint density at radius 1 is 1.28 bits per heavy atom. The molecule has 0 fully saturated rings. The summed E-state index contributed by atoms with van der Waals surface area (Å²) >= 11 is 0. The van der Waals surface area contributed by atoms with Gasteiger partial charge in [0, 0.05) is 6.07 Å². The molecule has 1 atom stereocenters. The molecule has 2 aromatic rings. The van der Waals surface area contributed by atoms with Crippen LogP contribution in [0, 0.1) is 5.92 Å². The van der Waals surface area contributed by atoms with Gasteiger partial charge in [-0.15, -0.1) is 0 Å². The van der Waals surface area contributed by atoms with Crippen molar-refractivity contribution in [1.82, 2.24) is 10.1 Å². The van der Waals surface area contributed by atoms with Gasteiger partial charge in [0.1, 0.15) is 11.5 Å². The second kappa shape index (κ2) is 7.83. The summed E-state index contributed by atoms with van der Waals surface area (Å²) in [4.78, 5) is 16.3. The molecule has 7 nitrogen and oxygen atoms in total. The van der Waals surface area contributed by atoms with E-state index in [-0.39, 0.29) is 24.4 Å². The first kappa shape index (κ1) is 17.0. The van der Waals surface area contributed by atoms with Crippen LogP contribution in [0.1, 0.15) is 25.2 Å². The summed E-state index contributed by atoms with van der Waals surface area (Å²) in [6.45, 7) is -0.0372. The molecule has 0 amide bonds. The summed E-state index contributed by atoms with van der Waals surface area (Å²) in [7, 11) is 3.14. The lowest BCUT2D eigenvalue weighted by atomic mass is 9.95. The Balaban J connectivity index is 1.66. The van der Waals surface area contributed by atoms with Crippen LogP contribution in [0.4, 0.5) is 0 Å². The molecule has 0 aliphatic heterocycles. The van der Waals surface area contributed by atoms with Gasteiger partial charge in [-0.1, -0.05) is 17.3 Å². The van der Waals surface area contributed by atoms with E-state index in [9.17, 15) is 4.79 Å². The van der Waals surface area contributed by atoms with E-state index in [4.69, 9.17) is 18.7 Å². The van der Waals surface area contributed by atoms with E-state index in [0.29, 0.717) is 22.9 Å². The Bertz CT molecular complexity index is 769. The molecule has 1 aromatic heterocycles. The molecule has 132 valence electrons. The average molecular weight is 344 g/mol. The Morgan fingerprint density at radius 2 is 2.16 bits per heavy atom. The minimum absolute atomic E-state index is 0.0372. The van der Waals surface area contributed by atoms with Gasteiger partial charge in [0.15, 0.2) is 6.61 Å². The third-order valence-electron chi connectivity index (χ3n) is 4.06. The summed E-state index contributed by atoms with van der Waals surface area (Å²) in [6.07, 6.45) is 6.53. The zero-order valence-corrected chi connectivity index (χ0v) is 14.2.